The van der Waals surface area contributed by atoms with E-state index < -0.39 is 10.0 Å². The lowest BCUT2D eigenvalue weighted by molar-refractivity contribution is 0.579. The molecule has 120 valence electrons. The SMILES string of the molecule is CCCNCc1ccc(S(=O)(=O)NCCC(C)SC)cc1. The molecule has 0 bridgehead atoms. The van der Waals surface area contributed by atoms with Gasteiger partial charge in [0.25, 0.3) is 0 Å². The van der Waals surface area contributed by atoms with Gasteiger partial charge in [-0.3, -0.25) is 0 Å². The van der Waals surface area contributed by atoms with Crippen molar-refractivity contribution in [1.29, 1.82) is 0 Å². The molecule has 0 aromatic heterocycles. The summed E-state index contributed by atoms with van der Waals surface area (Å²) in [4.78, 5) is 0.332. The van der Waals surface area contributed by atoms with Gasteiger partial charge in [0.05, 0.1) is 4.90 Å². The molecule has 0 spiro atoms. The van der Waals surface area contributed by atoms with Gasteiger partial charge in [-0.1, -0.05) is 26.0 Å². The van der Waals surface area contributed by atoms with E-state index in [1.54, 1.807) is 23.9 Å². The lowest BCUT2D eigenvalue weighted by atomic mass is 10.2. The fraction of sp³-hybridized carbons (Fsp3) is 0.600. The van der Waals surface area contributed by atoms with Gasteiger partial charge < -0.3 is 5.32 Å². The Balaban J connectivity index is 2.54. The summed E-state index contributed by atoms with van der Waals surface area (Å²) in [6, 6.07) is 7.07. The molecule has 21 heavy (non-hydrogen) atoms. The Labute approximate surface area is 133 Å². The van der Waals surface area contributed by atoms with E-state index in [4.69, 9.17) is 0 Å². The predicted octanol–water partition coefficient (Wildman–Crippen LogP) is 2.61. The van der Waals surface area contributed by atoms with Gasteiger partial charge in [0.15, 0.2) is 0 Å². The van der Waals surface area contributed by atoms with Crippen LogP contribution in [0.25, 0.3) is 0 Å². The minimum atomic E-state index is -3.39. The van der Waals surface area contributed by atoms with Crippen LogP contribution in [0.3, 0.4) is 0 Å². The van der Waals surface area contributed by atoms with Crippen LogP contribution in [0.15, 0.2) is 29.2 Å². The Kier molecular flexibility index (Phi) is 8.33. The van der Waals surface area contributed by atoms with E-state index in [1.165, 1.54) is 0 Å². The van der Waals surface area contributed by atoms with Crippen LogP contribution in [0.4, 0.5) is 0 Å². The molecule has 0 aliphatic rings. The van der Waals surface area contributed by atoms with E-state index in [0.717, 1.165) is 31.5 Å². The van der Waals surface area contributed by atoms with Gasteiger partial charge >= 0.3 is 0 Å². The zero-order valence-electron chi connectivity index (χ0n) is 13.1. The molecule has 0 saturated heterocycles. The van der Waals surface area contributed by atoms with Crippen molar-refractivity contribution >= 4 is 21.8 Å². The molecule has 0 aliphatic heterocycles. The second kappa shape index (κ2) is 9.46. The monoisotopic (exact) mass is 330 g/mol. The topological polar surface area (TPSA) is 58.2 Å². The minimum Gasteiger partial charge on any atom is -0.313 e. The molecule has 0 heterocycles. The zero-order chi connectivity index (χ0) is 15.7. The summed E-state index contributed by atoms with van der Waals surface area (Å²) in [5.74, 6) is 0. The smallest absolute Gasteiger partial charge is 0.240 e. The second-order valence-corrected chi connectivity index (χ2v) is 8.10. The Morgan fingerprint density at radius 1 is 1.19 bits per heavy atom. The summed E-state index contributed by atoms with van der Waals surface area (Å²) < 4.78 is 26.9. The van der Waals surface area contributed by atoms with Crippen LogP contribution in [0.1, 0.15) is 32.3 Å². The molecular weight excluding hydrogens is 304 g/mol. The average molecular weight is 331 g/mol. The van der Waals surface area contributed by atoms with E-state index in [-0.39, 0.29) is 0 Å². The number of benzene rings is 1. The number of hydrogen-bond acceptors (Lipinski definition) is 4. The van der Waals surface area contributed by atoms with E-state index in [1.807, 2.05) is 18.4 Å². The normalized spacial score (nSPS) is 13.3. The highest BCUT2D eigenvalue weighted by Crippen LogP contribution is 2.12. The van der Waals surface area contributed by atoms with Crippen molar-refractivity contribution in [3.8, 4) is 0 Å². The van der Waals surface area contributed by atoms with Gasteiger partial charge in [0, 0.05) is 18.3 Å². The van der Waals surface area contributed by atoms with Crippen LogP contribution in [0.5, 0.6) is 0 Å². The summed E-state index contributed by atoms with van der Waals surface area (Å²) >= 11 is 1.74. The summed E-state index contributed by atoms with van der Waals surface area (Å²) in [6.07, 6.45) is 3.95. The molecule has 0 amide bonds. The molecule has 1 atom stereocenters. The van der Waals surface area contributed by atoms with E-state index in [2.05, 4.69) is 23.9 Å². The Hall–Kier alpha value is -0.560. The van der Waals surface area contributed by atoms with Crippen molar-refractivity contribution < 1.29 is 8.42 Å². The zero-order valence-corrected chi connectivity index (χ0v) is 14.7. The first-order chi connectivity index (χ1) is 9.99. The van der Waals surface area contributed by atoms with Gasteiger partial charge in [0.1, 0.15) is 0 Å². The Bertz CT molecular complexity index is 501. The second-order valence-electron chi connectivity index (χ2n) is 5.05. The first-order valence-corrected chi connectivity index (χ1v) is 10.1. The standard InChI is InChI=1S/C15H26N2O2S2/c1-4-10-16-12-14-5-7-15(8-6-14)21(18,19)17-11-9-13(2)20-3/h5-8,13,16-17H,4,9-12H2,1-3H3. The van der Waals surface area contributed by atoms with Gasteiger partial charge in [-0.25, -0.2) is 13.1 Å². The maximum atomic E-state index is 12.1. The lowest BCUT2D eigenvalue weighted by Crippen LogP contribution is -2.26. The van der Waals surface area contributed by atoms with Crippen LogP contribution in [0.2, 0.25) is 0 Å². The number of thioether (sulfide) groups is 1. The van der Waals surface area contributed by atoms with Crippen molar-refractivity contribution in [1.82, 2.24) is 10.0 Å². The largest absolute Gasteiger partial charge is 0.313 e. The molecule has 4 nitrogen and oxygen atoms in total. The Morgan fingerprint density at radius 3 is 2.43 bits per heavy atom. The number of rotatable bonds is 10. The van der Waals surface area contributed by atoms with Crippen LogP contribution in [0, 0.1) is 0 Å². The molecule has 2 N–H and O–H groups in total. The van der Waals surface area contributed by atoms with E-state index >= 15 is 0 Å². The average Bonchev–Trinajstić information content (AvgIpc) is 2.47. The molecule has 6 heteroatoms. The van der Waals surface area contributed by atoms with Crippen LogP contribution in [-0.2, 0) is 16.6 Å². The van der Waals surface area contributed by atoms with Gasteiger partial charge in [-0.2, -0.15) is 11.8 Å². The van der Waals surface area contributed by atoms with Crippen molar-refractivity contribution in [2.24, 2.45) is 0 Å². The fourth-order valence-electron chi connectivity index (χ4n) is 1.79. The first kappa shape index (κ1) is 18.5. The van der Waals surface area contributed by atoms with E-state index in [9.17, 15) is 8.42 Å². The summed E-state index contributed by atoms with van der Waals surface area (Å²) in [5, 5.41) is 3.75. The minimum absolute atomic E-state index is 0.332. The molecule has 0 saturated carbocycles. The third-order valence-corrected chi connectivity index (χ3v) is 5.75. The fourth-order valence-corrected chi connectivity index (χ4v) is 3.19. The molecule has 1 aromatic carbocycles. The maximum absolute atomic E-state index is 12.1. The highest BCUT2D eigenvalue weighted by atomic mass is 32.2. The van der Waals surface area contributed by atoms with E-state index in [0.29, 0.717) is 16.7 Å². The molecule has 1 unspecified atom stereocenters. The van der Waals surface area contributed by atoms with Gasteiger partial charge in [-0.05, 0) is 43.3 Å². The highest BCUT2D eigenvalue weighted by Gasteiger charge is 2.13. The first-order valence-electron chi connectivity index (χ1n) is 7.31. The summed E-state index contributed by atoms with van der Waals surface area (Å²) in [7, 11) is -3.39. The summed E-state index contributed by atoms with van der Waals surface area (Å²) in [6.45, 7) is 6.43. The van der Waals surface area contributed by atoms with Crippen LogP contribution < -0.4 is 10.0 Å². The molecule has 1 rings (SSSR count). The lowest BCUT2D eigenvalue weighted by Gasteiger charge is -2.10. The molecule has 0 radical (unpaired) electrons. The summed E-state index contributed by atoms with van der Waals surface area (Å²) in [5.41, 5.74) is 1.10. The number of sulfonamides is 1. The number of hydrogen-bond donors (Lipinski definition) is 2. The van der Waals surface area contributed by atoms with Gasteiger partial charge in [0.2, 0.25) is 10.0 Å². The van der Waals surface area contributed by atoms with Crippen molar-refractivity contribution in [2.45, 2.75) is 43.4 Å². The Morgan fingerprint density at radius 2 is 1.86 bits per heavy atom. The predicted molar refractivity (Wildman–Crippen MR) is 91.2 cm³/mol. The molecule has 0 aliphatic carbocycles. The molecule has 1 aromatic rings. The van der Waals surface area contributed by atoms with Crippen LogP contribution >= 0.6 is 11.8 Å². The third-order valence-electron chi connectivity index (χ3n) is 3.23. The molecular formula is C15H26N2O2S2. The maximum Gasteiger partial charge on any atom is 0.240 e. The van der Waals surface area contributed by atoms with Crippen molar-refractivity contribution in [3.05, 3.63) is 29.8 Å². The quantitative estimate of drug-likeness (QED) is 0.648. The van der Waals surface area contributed by atoms with Crippen molar-refractivity contribution in [3.63, 3.8) is 0 Å². The number of nitrogens with one attached hydrogen (secondary N) is 2. The third kappa shape index (κ3) is 6.82. The van der Waals surface area contributed by atoms with Gasteiger partial charge in [-0.15, -0.1) is 0 Å². The highest BCUT2D eigenvalue weighted by molar-refractivity contribution is 7.99. The van der Waals surface area contributed by atoms with Crippen LogP contribution in [-0.4, -0.2) is 33.0 Å². The van der Waals surface area contributed by atoms with Crippen molar-refractivity contribution in [2.75, 3.05) is 19.3 Å². The molecule has 0 fully saturated rings.